The van der Waals surface area contributed by atoms with Crippen molar-refractivity contribution in [2.75, 3.05) is 6.61 Å². The van der Waals surface area contributed by atoms with Crippen molar-refractivity contribution in [3.8, 4) is 11.5 Å². The molecule has 0 N–H and O–H groups in total. The van der Waals surface area contributed by atoms with Gasteiger partial charge < -0.3 is 13.7 Å². The Bertz CT molecular complexity index is 1200. The van der Waals surface area contributed by atoms with Crippen LogP contribution in [0, 0.1) is 5.82 Å². The minimum absolute atomic E-state index is 0.0883. The zero-order valence-corrected chi connectivity index (χ0v) is 17.0. The third kappa shape index (κ3) is 3.75. The van der Waals surface area contributed by atoms with Crippen molar-refractivity contribution >= 4 is 39.6 Å². The average Bonchev–Trinajstić information content (AvgIpc) is 3.45. The fourth-order valence-electron chi connectivity index (χ4n) is 3.56. The van der Waals surface area contributed by atoms with Gasteiger partial charge in [-0.1, -0.05) is 29.8 Å². The molecule has 1 fully saturated rings. The first-order valence-electron chi connectivity index (χ1n) is 9.46. The summed E-state index contributed by atoms with van der Waals surface area (Å²) in [6, 6.07) is 14.5. The Labute approximate surface area is 175 Å². The molecule has 0 spiro atoms. The predicted molar refractivity (Wildman–Crippen MR) is 113 cm³/mol. The summed E-state index contributed by atoms with van der Waals surface area (Å²) >= 11 is 7.30. The zero-order valence-electron chi connectivity index (χ0n) is 15.5. The summed E-state index contributed by atoms with van der Waals surface area (Å²) in [5.74, 6) is 0.303. The van der Waals surface area contributed by atoms with E-state index >= 15 is 0 Å². The van der Waals surface area contributed by atoms with Gasteiger partial charge in [0.25, 0.3) is 0 Å². The number of rotatable bonds is 4. The lowest BCUT2D eigenvalue weighted by atomic mass is 10.2. The van der Waals surface area contributed by atoms with Crippen LogP contribution in [0.3, 0.4) is 0 Å². The molecule has 29 heavy (non-hydrogen) atoms. The summed E-state index contributed by atoms with van der Waals surface area (Å²) in [7, 11) is 0. The van der Waals surface area contributed by atoms with Gasteiger partial charge in [-0.25, -0.2) is 9.38 Å². The molecule has 1 atom stereocenters. The molecule has 0 amide bonds. The fraction of sp³-hybridized carbons (Fsp3) is 0.227. The van der Waals surface area contributed by atoms with Crippen LogP contribution in [-0.2, 0) is 11.3 Å². The highest BCUT2D eigenvalue weighted by atomic mass is 35.5. The molecule has 4 aromatic rings. The highest BCUT2D eigenvalue weighted by molar-refractivity contribution is 7.07. The summed E-state index contributed by atoms with van der Waals surface area (Å²) in [5.41, 5.74) is 2.30. The van der Waals surface area contributed by atoms with Crippen molar-refractivity contribution in [3.05, 3.63) is 69.6 Å². The Morgan fingerprint density at radius 1 is 1.21 bits per heavy atom. The number of halogens is 2. The van der Waals surface area contributed by atoms with Gasteiger partial charge in [0, 0.05) is 23.4 Å². The van der Waals surface area contributed by atoms with E-state index in [0.29, 0.717) is 12.2 Å². The maximum absolute atomic E-state index is 13.9. The van der Waals surface area contributed by atoms with Crippen LogP contribution in [0.2, 0.25) is 5.02 Å². The second-order valence-corrected chi connectivity index (χ2v) is 8.25. The van der Waals surface area contributed by atoms with Gasteiger partial charge in [0.15, 0.2) is 10.6 Å². The van der Waals surface area contributed by atoms with Crippen LogP contribution in [0.5, 0.6) is 0 Å². The average molecular weight is 429 g/mol. The highest BCUT2D eigenvalue weighted by Gasteiger charge is 2.20. The molecule has 1 saturated heterocycles. The van der Waals surface area contributed by atoms with E-state index in [9.17, 15) is 4.39 Å². The number of fused-ring (bicyclic) bond motifs is 1. The first-order valence-corrected chi connectivity index (χ1v) is 10.7. The van der Waals surface area contributed by atoms with Crippen LogP contribution in [0.4, 0.5) is 10.1 Å². The second kappa shape index (κ2) is 7.78. The molecule has 0 radical (unpaired) electrons. The quantitative estimate of drug-likeness (QED) is 0.390. The molecule has 1 aliphatic heterocycles. The zero-order chi connectivity index (χ0) is 19.8. The van der Waals surface area contributed by atoms with Gasteiger partial charge in [-0.15, -0.1) is 11.3 Å². The van der Waals surface area contributed by atoms with Crippen LogP contribution in [0.1, 0.15) is 12.8 Å². The molecule has 7 heteroatoms. The topological polar surface area (TPSA) is 39.7 Å². The third-order valence-electron chi connectivity index (χ3n) is 5.01. The number of para-hydroxylation sites is 1. The summed E-state index contributed by atoms with van der Waals surface area (Å²) in [6.45, 7) is 1.45. The molecule has 0 bridgehead atoms. The lowest BCUT2D eigenvalue weighted by molar-refractivity contribution is 0.0967. The van der Waals surface area contributed by atoms with Crippen molar-refractivity contribution in [3.63, 3.8) is 0 Å². The van der Waals surface area contributed by atoms with Gasteiger partial charge in [0.1, 0.15) is 11.4 Å². The van der Waals surface area contributed by atoms with Gasteiger partial charge in [-0.3, -0.25) is 0 Å². The normalized spacial score (nSPS) is 17.4. The van der Waals surface area contributed by atoms with E-state index in [0.717, 1.165) is 46.7 Å². The first-order chi connectivity index (χ1) is 14.2. The predicted octanol–water partition coefficient (Wildman–Crippen LogP) is 6.17. The van der Waals surface area contributed by atoms with Crippen LogP contribution in [-0.4, -0.2) is 17.3 Å². The van der Waals surface area contributed by atoms with E-state index in [1.54, 1.807) is 6.07 Å². The lowest BCUT2D eigenvalue weighted by Gasteiger charge is -2.13. The maximum atomic E-state index is 13.9. The molecule has 0 aliphatic carbocycles. The molecular formula is C22H18ClFN2O2S. The molecule has 1 aliphatic rings. The molecule has 3 heterocycles. The van der Waals surface area contributed by atoms with Crippen molar-refractivity contribution in [2.24, 2.45) is 4.99 Å². The Balaban J connectivity index is 1.62. The van der Waals surface area contributed by atoms with Gasteiger partial charge in [0.2, 0.25) is 0 Å². The van der Waals surface area contributed by atoms with Crippen LogP contribution in [0.15, 0.2) is 63.3 Å². The Kier molecular flexibility index (Phi) is 4.99. The summed E-state index contributed by atoms with van der Waals surface area (Å²) in [6.07, 6.45) is 2.20. The number of aromatic nitrogens is 1. The van der Waals surface area contributed by atoms with E-state index in [1.807, 2.05) is 35.7 Å². The molecular weight excluding hydrogens is 411 g/mol. The number of ether oxygens (including phenoxy) is 1. The van der Waals surface area contributed by atoms with Crippen LogP contribution >= 0.6 is 22.9 Å². The van der Waals surface area contributed by atoms with Gasteiger partial charge in [-0.05, 0) is 37.1 Å². The minimum Gasteiger partial charge on any atom is -0.454 e. The SMILES string of the molecule is Fc1cc(N=c2scc(-c3cc4ccccc4o3)n2CC2CCCO2)ccc1Cl. The van der Waals surface area contributed by atoms with Crippen molar-refractivity contribution < 1.29 is 13.5 Å². The van der Waals surface area contributed by atoms with E-state index in [4.69, 9.17) is 20.8 Å². The fourth-order valence-corrected chi connectivity index (χ4v) is 4.59. The standard InChI is InChI=1S/C22H18ClFN2O2S/c23-17-8-7-15(11-18(17)24)25-22-26(12-16-5-3-9-27-16)19(13-29-22)21-10-14-4-1-2-6-20(14)28-21/h1-2,4,6-8,10-11,13,16H,3,5,9,12H2. The van der Waals surface area contributed by atoms with Crippen LogP contribution in [0.25, 0.3) is 22.4 Å². The van der Waals surface area contributed by atoms with Gasteiger partial charge >= 0.3 is 0 Å². The van der Waals surface area contributed by atoms with Gasteiger partial charge in [-0.2, -0.15) is 0 Å². The molecule has 4 nitrogen and oxygen atoms in total. The summed E-state index contributed by atoms with van der Waals surface area (Å²) in [5, 5.41) is 3.17. The molecule has 0 saturated carbocycles. The smallest absolute Gasteiger partial charge is 0.190 e. The molecule has 2 aromatic carbocycles. The molecule has 5 rings (SSSR count). The second-order valence-electron chi connectivity index (χ2n) is 7.01. The van der Waals surface area contributed by atoms with E-state index in [1.165, 1.54) is 23.5 Å². The van der Waals surface area contributed by atoms with Gasteiger partial charge in [0.05, 0.1) is 29.1 Å². The monoisotopic (exact) mass is 428 g/mol. The lowest BCUT2D eigenvalue weighted by Crippen LogP contribution is -2.23. The largest absolute Gasteiger partial charge is 0.454 e. The minimum atomic E-state index is -0.479. The van der Waals surface area contributed by atoms with E-state index in [2.05, 4.69) is 9.56 Å². The van der Waals surface area contributed by atoms with E-state index < -0.39 is 5.82 Å². The molecule has 2 aromatic heterocycles. The Morgan fingerprint density at radius 2 is 2.10 bits per heavy atom. The molecule has 1 unspecified atom stereocenters. The number of furan rings is 1. The number of nitrogens with zero attached hydrogens (tertiary/aromatic N) is 2. The van der Waals surface area contributed by atoms with Crippen molar-refractivity contribution in [2.45, 2.75) is 25.5 Å². The number of hydrogen-bond acceptors (Lipinski definition) is 4. The molecule has 148 valence electrons. The summed E-state index contributed by atoms with van der Waals surface area (Å²) in [4.78, 5) is 5.43. The van der Waals surface area contributed by atoms with Crippen molar-refractivity contribution in [1.29, 1.82) is 0 Å². The van der Waals surface area contributed by atoms with Crippen molar-refractivity contribution in [1.82, 2.24) is 4.57 Å². The summed E-state index contributed by atoms with van der Waals surface area (Å²) < 4.78 is 27.9. The Hall–Kier alpha value is -2.41. The third-order valence-corrected chi connectivity index (χ3v) is 6.18. The number of benzene rings is 2. The highest BCUT2D eigenvalue weighted by Crippen LogP contribution is 2.29. The first kappa shape index (κ1) is 18.6. The number of thiazole rings is 1. The van der Waals surface area contributed by atoms with Crippen LogP contribution < -0.4 is 4.80 Å². The maximum Gasteiger partial charge on any atom is 0.190 e. The van der Waals surface area contributed by atoms with E-state index in [-0.39, 0.29) is 11.1 Å². The number of hydrogen-bond donors (Lipinski definition) is 0. The Morgan fingerprint density at radius 3 is 2.90 bits per heavy atom.